The monoisotopic (exact) mass is 284 g/mol. The van der Waals surface area contributed by atoms with Crippen LogP contribution in [0, 0.1) is 0 Å². The quantitative estimate of drug-likeness (QED) is 0.592. The Balaban J connectivity index is 2.42. The molecule has 21 heavy (non-hydrogen) atoms. The minimum atomic E-state index is -0.316. The first-order valence-electron chi connectivity index (χ1n) is 6.02. The van der Waals surface area contributed by atoms with Crippen LogP contribution in [-0.2, 0) is 0 Å². The average Bonchev–Trinajstić information content (AvgIpc) is 2.46. The van der Waals surface area contributed by atoms with Crippen molar-refractivity contribution in [2.75, 3.05) is 0 Å². The van der Waals surface area contributed by atoms with Crippen LogP contribution in [0.5, 0.6) is 17.2 Å². The molecule has 0 saturated heterocycles. The lowest BCUT2D eigenvalue weighted by Gasteiger charge is -2.04. The molecule has 0 spiro atoms. The maximum absolute atomic E-state index is 11.0. The predicted octanol–water partition coefficient (Wildman–Crippen LogP) is 2.60. The summed E-state index contributed by atoms with van der Waals surface area (Å²) in [5, 5.41) is 28.4. The first-order valence-corrected chi connectivity index (χ1v) is 6.02. The highest BCUT2D eigenvalue weighted by atomic mass is 16.3. The SMILES string of the molecule is O=Cc1cc(/C=C/c2cc(O)cc(O)c2C=O)ccc1O. The van der Waals surface area contributed by atoms with Gasteiger partial charge in [0, 0.05) is 6.07 Å². The van der Waals surface area contributed by atoms with E-state index in [0.717, 1.165) is 6.07 Å². The second-order valence-corrected chi connectivity index (χ2v) is 4.36. The van der Waals surface area contributed by atoms with Crippen LogP contribution in [-0.4, -0.2) is 27.9 Å². The molecule has 2 rings (SSSR count). The van der Waals surface area contributed by atoms with Crippen LogP contribution < -0.4 is 0 Å². The summed E-state index contributed by atoms with van der Waals surface area (Å²) in [6.45, 7) is 0. The number of phenolic OH excluding ortho intramolecular Hbond substituents is 3. The van der Waals surface area contributed by atoms with E-state index in [1.54, 1.807) is 12.1 Å². The third kappa shape index (κ3) is 3.09. The van der Waals surface area contributed by atoms with Gasteiger partial charge in [-0.3, -0.25) is 9.59 Å². The fraction of sp³-hybridized carbons (Fsp3) is 0. The van der Waals surface area contributed by atoms with Crippen molar-refractivity contribution in [1.82, 2.24) is 0 Å². The van der Waals surface area contributed by atoms with Crippen molar-refractivity contribution in [2.24, 2.45) is 0 Å². The number of hydrogen-bond acceptors (Lipinski definition) is 5. The number of benzene rings is 2. The third-order valence-electron chi connectivity index (χ3n) is 2.93. The normalized spacial score (nSPS) is 10.7. The van der Waals surface area contributed by atoms with Crippen molar-refractivity contribution >= 4 is 24.7 Å². The zero-order valence-corrected chi connectivity index (χ0v) is 10.9. The number of aldehydes is 2. The lowest BCUT2D eigenvalue weighted by Crippen LogP contribution is -1.87. The van der Waals surface area contributed by atoms with Crippen LogP contribution in [0.15, 0.2) is 30.3 Å². The van der Waals surface area contributed by atoms with E-state index in [9.17, 15) is 24.9 Å². The molecule has 0 aliphatic carbocycles. The lowest BCUT2D eigenvalue weighted by molar-refractivity contribution is 0.111. The first kappa shape index (κ1) is 14.3. The molecule has 2 aromatic carbocycles. The Morgan fingerprint density at radius 1 is 0.762 bits per heavy atom. The molecular weight excluding hydrogens is 272 g/mol. The molecule has 0 aliphatic rings. The topological polar surface area (TPSA) is 94.8 Å². The van der Waals surface area contributed by atoms with E-state index in [4.69, 9.17) is 0 Å². The molecule has 3 N–H and O–H groups in total. The number of carbonyl (C=O) groups is 2. The Bertz CT molecular complexity index is 732. The lowest BCUT2D eigenvalue weighted by atomic mass is 10.0. The fourth-order valence-electron chi connectivity index (χ4n) is 1.87. The molecule has 0 radical (unpaired) electrons. The maximum atomic E-state index is 11.0. The molecule has 0 saturated carbocycles. The van der Waals surface area contributed by atoms with Crippen molar-refractivity contribution in [3.63, 3.8) is 0 Å². The predicted molar refractivity (Wildman–Crippen MR) is 77.6 cm³/mol. The molecular formula is C16H12O5. The van der Waals surface area contributed by atoms with E-state index in [-0.39, 0.29) is 28.4 Å². The molecule has 5 heteroatoms. The van der Waals surface area contributed by atoms with E-state index in [2.05, 4.69) is 0 Å². The zero-order valence-electron chi connectivity index (χ0n) is 10.9. The molecule has 0 aromatic heterocycles. The van der Waals surface area contributed by atoms with Gasteiger partial charge in [0.15, 0.2) is 12.6 Å². The van der Waals surface area contributed by atoms with Crippen LogP contribution in [0.1, 0.15) is 31.8 Å². The van der Waals surface area contributed by atoms with Gasteiger partial charge in [-0.2, -0.15) is 0 Å². The molecule has 5 nitrogen and oxygen atoms in total. The smallest absolute Gasteiger partial charge is 0.154 e. The summed E-state index contributed by atoms with van der Waals surface area (Å²) < 4.78 is 0. The molecule has 0 fully saturated rings. The number of hydrogen-bond donors (Lipinski definition) is 3. The van der Waals surface area contributed by atoms with Gasteiger partial charge in [0.25, 0.3) is 0 Å². The van der Waals surface area contributed by atoms with Crippen LogP contribution >= 0.6 is 0 Å². The Morgan fingerprint density at radius 3 is 2.19 bits per heavy atom. The second-order valence-electron chi connectivity index (χ2n) is 4.36. The van der Waals surface area contributed by atoms with E-state index in [0.29, 0.717) is 23.7 Å². The minimum absolute atomic E-state index is 0.0541. The van der Waals surface area contributed by atoms with E-state index in [1.165, 1.54) is 24.3 Å². The van der Waals surface area contributed by atoms with Crippen LogP contribution in [0.3, 0.4) is 0 Å². The van der Waals surface area contributed by atoms with Gasteiger partial charge in [0.2, 0.25) is 0 Å². The highest BCUT2D eigenvalue weighted by molar-refractivity contribution is 5.89. The molecule has 0 aliphatic heterocycles. The van der Waals surface area contributed by atoms with Gasteiger partial charge in [0.05, 0.1) is 11.1 Å². The number of rotatable bonds is 4. The second kappa shape index (κ2) is 5.92. The highest BCUT2D eigenvalue weighted by Gasteiger charge is 2.07. The average molecular weight is 284 g/mol. The summed E-state index contributed by atoms with van der Waals surface area (Å²) in [6.07, 6.45) is 4.13. The summed E-state index contributed by atoms with van der Waals surface area (Å²) in [5.74, 6) is -0.605. The van der Waals surface area contributed by atoms with Gasteiger partial charge >= 0.3 is 0 Å². The van der Waals surface area contributed by atoms with Crippen molar-refractivity contribution in [3.8, 4) is 17.2 Å². The summed E-state index contributed by atoms with van der Waals surface area (Å²) >= 11 is 0. The zero-order chi connectivity index (χ0) is 15.4. The van der Waals surface area contributed by atoms with Crippen LogP contribution in [0.4, 0.5) is 0 Å². The number of carbonyl (C=O) groups excluding carboxylic acids is 2. The van der Waals surface area contributed by atoms with Gasteiger partial charge in [-0.1, -0.05) is 18.2 Å². The standard InChI is InChI=1S/C16H12O5/c17-8-12-5-10(2-4-15(12)20)1-3-11-6-13(19)7-16(21)14(11)9-18/h1-9,19-21H/b3-1+. The molecule has 2 aromatic rings. The highest BCUT2D eigenvalue weighted by Crippen LogP contribution is 2.27. The summed E-state index contributed by atoms with van der Waals surface area (Å²) in [7, 11) is 0. The molecule has 0 amide bonds. The third-order valence-corrected chi connectivity index (χ3v) is 2.93. The number of phenols is 3. The Kier molecular flexibility index (Phi) is 4.04. The van der Waals surface area contributed by atoms with Crippen molar-refractivity contribution in [1.29, 1.82) is 0 Å². The van der Waals surface area contributed by atoms with Gasteiger partial charge in [-0.15, -0.1) is 0 Å². The van der Waals surface area contributed by atoms with Gasteiger partial charge in [0.1, 0.15) is 17.2 Å². The van der Waals surface area contributed by atoms with Crippen LogP contribution in [0.2, 0.25) is 0 Å². The number of aromatic hydroxyl groups is 3. The van der Waals surface area contributed by atoms with Crippen LogP contribution in [0.25, 0.3) is 12.2 Å². The maximum Gasteiger partial charge on any atom is 0.154 e. The molecule has 0 bridgehead atoms. The van der Waals surface area contributed by atoms with E-state index in [1.807, 2.05) is 0 Å². The van der Waals surface area contributed by atoms with E-state index < -0.39 is 0 Å². The first-order chi connectivity index (χ1) is 10.0. The van der Waals surface area contributed by atoms with Crippen molar-refractivity contribution in [3.05, 3.63) is 52.6 Å². The molecule has 0 unspecified atom stereocenters. The van der Waals surface area contributed by atoms with Gasteiger partial charge in [-0.05, 0) is 29.3 Å². The molecule has 0 atom stereocenters. The van der Waals surface area contributed by atoms with Gasteiger partial charge in [-0.25, -0.2) is 0 Å². The Morgan fingerprint density at radius 2 is 1.52 bits per heavy atom. The van der Waals surface area contributed by atoms with Gasteiger partial charge < -0.3 is 15.3 Å². The Labute approximate surface area is 120 Å². The summed E-state index contributed by atoms with van der Waals surface area (Å²) in [5.41, 5.74) is 1.16. The molecule has 0 heterocycles. The van der Waals surface area contributed by atoms with E-state index >= 15 is 0 Å². The van der Waals surface area contributed by atoms with Crippen molar-refractivity contribution < 1.29 is 24.9 Å². The summed E-state index contributed by atoms with van der Waals surface area (Å²) in [4.78, 5) is 21.7. The Hall–Kier alpha value is -3.08. The van der Waals surface area contributed by atoms with Crippen molar-refractivity contribution in [2.45, 2.75) is 0 Å². The fourth-order valence-corrected chi connectivity index (χ4v) is 1.87. The minimum Gasteiger partial charge on any atom is -0.508 e. The molecule has 106 valence electrons. The largest absolute Gasteiger partial charge is 0.508 e. The summed E-state index contributed by atoms with van der Waals surface area (Å²) in [6, 6.07) is 6.85.